The molecule has 0 bridgehead atoms. The van der Waals surface area contributed by atoms with Gasteiger partial charge < -0.3 is 34.6 Å². The molecule has 5 rings (SSSR count). The molecule has 47 heavy (non-hydrogen) atoms. The molecule has 0 atom stereocenters. The summed E-state index contributed by atoms with van der Waals surface area (Å²) in [6.45, 7) is 8.29. The van der Waals surface area contributed by atoms with Gasteiger partial charge in [-0.3, -0.25) is 24.3 Å². The van der Waals surface area contributed by atoms with Gasteiger partial charge >= 0.3 is 0 Å². The number of rotatable bonds is 12. The Kier molecular flexibility index (Phi) is 10.9. The van der Waals surface area contributed by atoms with Crippen LogP contribution in [-0.2, 0) is 11.8 Å². The molecule has 0 saturated carbocycles. The molecule has 0 aliphatic carbocycles. The van der Waals surface area contributed by atoms with Crippen molar-refractivity contribution in [2.75, 3.05) is 57.1 Å². The van der Waals surface area contributed by atoms with Crippen LogP contribution in [0.25, 0.3) is 12.2 Å². The second-order valence-corrected chi connectivity index (χ2v) is 11.5. The van der Waals surface area contributed by atoms with Crippen LogP contribution >= 0.6 is 0 Å². The number of carbonyl (C=O) groups is 3. The van der Waals surface area contributed by atoms with Crippen LogP contribution in [0.15, 0.2) is 67.1 Å². The first kappa shape index (κ1) is 33.2. The van der Waals surface area contributed by atoms with Crippen LogP contribution in [0.1, 0.15) is 62.5 Å². The normalized spacial score (nSPS) is 13.6. The van der Waals surface area contributed by atoms with Gasteiger partial charge in [-0.05, 0) is 55.3 Å². The van der Waals surface area contributed by atoms with E-state index in [0.717, 1.165) is 36.5 Å². The highest BCUT2D eigenvalue weighted by atomic mass is 16.5. The van der Waals surface area contributed by atoms with E-state index in [2.05, 4.69) is 25.8 Å². The number of amides is 3. The minimum Gasteiger partial charge on any atom is -0.497 e. The number of nitrogens with one attached hydrogen (secondary N) is 3. The molecule has 1 aliphatic heterocycles. The van der Waals surface area contributed by atoms with Crippen LogP contribution < -0.4 is 20.7 Å². The lowest BCUT2D eigenvalue weighted by molar-refractivity contribution is 0.0383. The van der Waals surface area contributed by atoms with Gasteiger partial charge in [0.15, 0.2) is 0 Å². The van der Waals surface area contributed by atoms with E-state index in [1.807, 2.05) is 56.3 Å². The molecule has 1 aliphatic rings. The summed E-state index contributed by atoms with van der Waals surface area (Å²) in [6.07, 6.45) is 8.92. The Balaban J connectivity index is 1.19. The molecule has 0 spiro atoms. The number of benzene rings is 1. The highest BCUT2D eigenvalue weighted by molar-refractivity contribution is 6.07. The Morgan fingerprint density at radius 2 is 1.55 bits per heavy atom. The summed E-state index contributed by atoms with van der Waals surface area (Å²) in [5.74, 6) is -0.185. The maximum atomic E-state index is 13.4. The fourth-order valence-electron chi connectivity index (χ4n) is 5.19. The van der Waals surface area contributed by atoms with Gasteiger partial charge in [0.1, 0.15) is 22.8 Å². The van der Waals surface area contributed by atoms with E-state index < -0.39 is 5.91 Å². The lowest BCUT2D eigenvalue weighted by atomic mass is 10.1. The van der Waals surface area contributed by atoms with Gasteiger partial charge in [0.05, 0.1) is 31.7 Å². The number of ether oxygens (including phenoxy) is 2. The second-order valence-electron chi connectivity index (χ2n) is 11.5. The number of carbonyl (C=O) groups excluding carboxylic acids is 3. The van der Waals surface area contributed by atoms with E-state index in [1.54, 1.807) is 60.1 Å². The zero-order chi connectivity index (χ0) is 33.3. The lowest BCUT2D eigenvalue weighted by Gasteiger charge is -2.26. The fourth-order valence-corrected chi connectivity index (χ4v) is 5.19. The maximum absolute atomic E-state index is 13.4. The minimum absolute atomic E-state index is 0.0557. The van der Waals surface area contributed by atoms with Crippen molar-refractivity contribution in [3.8, 4) is 5.75 Å². The van der Waals surface area contributed by atoms with E-state index in [0.29, 0.717) is 42.5 Å². The monoisotopic (exact) mass is 639 g/mol. The number of hydrogen-bond donors (Lipinski definition) is 3. The third kappa shape index (κ3) is 8.75. The highest BCUT2D eigenvalue weighted by Crippen LogP contribution is 2.22. The Labute approximate surface area is 274 Å². The molecular formula is C35H41N7O5. The van der Waals surface area contributed by atoms with E-state index in [1.165, 1.54) is 0 Å². The zero-order valence-electron chi connectivity index (χ0n) is 27.2. The molecule has 1 saturated heterocycles. The predicted octanol–water partition coefficient (Wildman–Crippen LogP) is 4.55. The van der Waals surface area contributed by atoms with Gasteiger partial charge in [-0.25, -0.2) is 0 Å². The van der Waals surface area contributed by atoms with Crippen LogP contribution in [0.4, 0.5) is 11.4 Å². The molecule has 4 heterocycles. The summed E-state index contributed by atoms with van der Waals surface area (Å²) < 4.78 is 14.0. The number of methoxy groups -OCH3 is 1. The summed E-state index contributed by atoms with van der Waals surface area (Å²) in [5, 5.41) is 8.70. The summed E-state index contributed by atoms with van der Waals surface area (Å²) in [4.78, 5) is 45.8. The molecule has 3 aromatic heterocycles. The average molecular weight is 640 g/mol. The van der Waals surface area contributed by atoms with Crippen molar-refractivity contribution in [1.82, 2.24) is 24.3 Å². The topological polar surface area (TPSA) is 132 Å². The summed E-state index contributed by atoms with van der Waals surface area (Å²) in [7, 11) is 3.39. The Bertz CT molecular complexity index is 1720. The van der Waals surface area contributed by atoms with Crippen LogP contribution in [0.3, 0.4) is 0 Å². The van der Waals surface area contributed by atoms with Crippen LogP contribution in [0.2, 0.25) is 0 Å². The van der Waals surface area contributed by atoms with Crippen molar-refractivity contribution in [3.63, 3.8) is 0 Å². The molecule has 4 aromatic rings. The third-order valence-electron chi connectivity index (χ3n) is 7.81. The highest BCUT2D eigenvalue weighted by Gasteiger charge is 2.20. The fraction of sp³-hybridized carbons (Fsp3) is 0.314. The van der Waals surface area contributed by atoms with Crippen molar-refractivity contribution in [1.29, 1.82) is 0 Å². The smallest absolute Gasteiger partial charge is 0.274 e. The van der Waals surface area contributed by atoms with Gasteiger partial charge in [-0.15, -0.1) is 0 Å². The van der Waals surface area contributed by atoms with Crippen LogP contribution in [-0.4, -0.2) is 83.2 Å². The number of morpholine rings is 1. The molecule has 0 unspecified atom stereocenters. The largest absolute Gasteiger partial charge is 0.497 e. The summed E-state index contributed by atoms with van der Waals surface area (Å²) in [5.41, 5.74) is 3.85. The van der Waals surface area contributed by atoms with E-state index in [4.69, 9.17) is 9.47 Å². The standard InChI is InChI=1S/C35H41N7O5/c1-24(2)42-23-28(38-33(43)30-12-9-26(21-37-30)6-5-25-7-10-29(46-4)11-8-25)20-32(42)35(45)39-27-19-31(40(3)22-27)34(44)36-13-14-41-15-17-47-18-16-41/h5-12,19-24H,13-18H2,1-4H3,(H,36,44)(H,38,43)(H,39,45)/b6-5+. The molecule has 12 nitrogen and oxygen atoms in total. The Morgan fingerprint density at radius 3 is 2.23 bits per heavy atom. The first-order chi connectivity index (χ1) is 22.7. The SMILES string of the molecule is COc1ccc(/C=C/c2ccc(C(=O)Nc3cc(C(=O)Nc4cc(C(=O)NCCN5CCOCC5)n(C)c4)n(C(C)C)c3)nc2)cc1. The molecule has 3 amide bonds. The van der Waals surface area contributed by atoms with Gasteiger partial charge in [-0.2, -0.15) is 0 Å². The van der Waals surface area contributed by atoms with E-state index in [-0.39, 0.29) is 23.6 Å². The number of nitrogens with zero attached hydrogens (tertiary/aromatic N) is 4. The first-order valence-electron chi connectivity index (χ1n) is 15.6. The van der Waals surface area contributed by atoms with Crippen molar-refractivity contribution in [3.05, 3.63) is 95.3 Å². The van der Waals surface area contributed by atoms with Crippen molar-refractivity contribution >= 4 is 41.2 Å². The lowest BCUT2D eigenvalue weighted by Crippen LogP contribution is -2.41. The molecule has 12 heteroatoms. The Hall–Kier alpha value is -5.20. The molecule has 1 fully saturated rings. The number of aromatic nitrogens is 3. The minimum atomic E-state index is -0.393. The number of anilines is 2. The van der Waals surface area contributed by atoms with E-state index >= 15 is 0 Å². The molecule has 3 N–H and O–H groups in total. The zero-order valence-corrected chi connectivity index (χ0v) is 27.2. The first-order valence-corrected chi connectivity index (χ1v) is 15.6. The van der Waals surface area contributed by atoms with Crippen LogP contribution in [0.5, 0.6) is 5.75 Å². The summed E-state index contributed by atoms with van der Waals surface area (Å²) in [6, 6.07) is 14.4. The van der Waals surface area contributed by atoms with Crippen LogP contribution in [0, 0.1) is 0 Å². The van der Waals surface area contributed by atoms with Crippen molar-refractivity contribution in [2.45, 2.75) is 19.9 Å². The van der Waals surface area contributed by atoms with Gasteiger partial charge in [-0.1, -0.05) is 30.4 Å². The molecular weight excluding hydrogens is 598 g/mol. The van der Waals surface area contributed by atoms with Gasteiger partial charge in [0.2, 0.25) is 0 Å². The van der Waals surface area contributed by atoms with E-state index in [9.17, 15) is 14.4 Å². The molecule has 246 valence electrons. The van der Waals surface area contributed by atoms with Gasteiger partial charge in [0.25, 0.3) is 17.7 Å². The summed E-state index contributed by atoms with van der Waals surface area (Å²) >= 11 is 0. The third-order valence-corrected chi connectivity index (χ3v) is 7.81. The quantitative estimate of drug-likeness (QED) is 0.207. The average Bonchev–Trinajstić information content (AvgIpc) is 3.68. The molecule has 1 aromatic carbocycles. The number of aryl methyl sites for hydroxylation is 1. The maximum Gasteiger partial charge on any atom is 0.274 e. The molecule has 0 radical (unpaired) electrons. The Morgan fingerprint density at radius 1 is 0.894 bits per heavy atom. The number of pyridine rings is 1. The predicted molar refractivity (Wildman–Crippen MR) is 182 cm³/mol. The van der Waals surface area contributed by atoms with Crippen molar-refractivity contribution in [2.24, 2.45) is 7.05 Å². The van der Waals surface area contributed by atoms with Gasteiger partial charge in [0, 0.05) is 57.9 Å². The second kappa shape index (κ2) is 15.4. The number of hydrogen-bond acceptors (Lipinski definition) is 7. The van der Waals surface area contributed by atoms with Crippen molar-refractivity contribution < 1.29 is 23.9 Å².